The zero-order valence-corrected chi connectivity index (χ0v) is 19.2. The van der Waals surface area contributed by atoms with Gasteiger partial charge in [0.25, 0.3) is 0 Å². The molecule has 0 spiro atoms. The summed E-state index contributed by atoms with van der Waals surface area (Å²) in [7, 11) is 1.06. The lowest BCUT2D eigenvalue weighted by Gasteiger charge is -2.13. The first-order valence-electron chi connectivity index (χ1n) is 10.3. The number of nitrogens with one attached hydrogen (secondary N) is 3. The summed E-state index contributed by atoms with van der Waals surface area (Å²) in [5.41, 5.74) is 0.348. The Morgan fingerprint density at radius 3 is 2.61 bits per heavy atom. The van der Waals surface area contributed by atoms with E-state index in [4.69, 9.17) is 0 Å². The van der Waals surface area contributed by atoms with Gasteiger partial charge in [-0.15, -0.1) is 0 Å². The summed E-state index contributed by atoms with van der Waals surface area (Å²) in [6.45, 7) is 5.06. The van der Waals surface area contributed by atoms with Crippen LogP contribution >= 0.6 is 0 Å². The number of rotatable bonds is 7. The Balaban J connectivity index is 1.69. The molecular weight excluding hydrogens is 482 g/mol. The summed E-state index contributed by atoms with van der Waals surface area (Å²) in [6.07, 6.45) is 0.559. The summed E-state index contributed by atoms with van der Waals surface area (Å²) in [6, 6.07) is 4.89. The van der Waals surface area contributed by atoms with E-state index in [-0.39, 0.29) is 23.6 Å². The normalized spacial score (nSPS) is 12.3. The zero-order chi connectivity index (χ0) is 26.3. The van der Waals surface area contributed by atoms with Crippen LogP contribution in [0.3, 0.4) is 0 Å². The van der Waals surface area contributed by atoms with Gasteiger partial charge >= 0.3 is 6.18 Å². The number of ether oxygens (including phenoxy) is 1. The molecule has 13 heteroatoms. The SMILES string of the molecule is C=NC(=N/C=C(\C)c1ccc(CC(=O)Nc2cnc(OC)c(C(F)(F)F)c2)cc1F)Nc1cn[nH]c1. The number of hydrogen-bond donors (Lipinski definition) is 3. The summed E-state index contributed by atoms with van der Waals surface area (Å²) in [5, 5.41) is 11.6. The minimum absolute atomic E-state index is 0.169. The molecule has 0 aliphatic carbocycles. The number of H-pyrrole nitrogens is 1. The number of aromatic nitrogens is 3. The minimum Gasteiger partial charge on any atom is -0.481 e. The highest BCUT2D eigenvalue weighted by Crippen LogP contribution is 2.36. The van der Waals surface area contributed by atoms with Crippen molar-refractivity contribution in [2.75, 3.05) is 17.7 Å². The molecule has 36 heavy (non-hydrogen) atoms. The number of methoxy groups -OCH3 is 1. The molecule has 2 heterocycles. The number of benzene rings is 1. The van der Waals surface area contributed by atoms with E-state index < -0.39 is 29.3 Å². The number of alkyl halides is 3. The van der Waals surface area contributed by atoms with Gasteiger partial charge in [0, 0.05) is 18.0 Å². The van der Waals surface area contributed by atoms with Crippen LogP contribution in [0.15, 0.2) is 59.0 Å². The van der Waals surface area contributed by atoms with Crippen molar-refractivity contribution in [3.8, 4) is 5.88 Å². The molecule has 0 aliphatic rings. The first-order chi connectivity index (χ1) is 17.1. The summed E-state index contributed by atoms with van der Waals surface area (Å²) >= 11 is 0. The van der Waals surface area contributed by atoms with Crippen LogP contribution in [0.25, 0.3) is 5.57 Å². The molecule has 0 unspecified atom stereocenters. The van der Waals surface area contributed by atoms with E-state index in [1.165, 1.54) is 30.6 Å². The first-order valence-corrected chi connectivity index (χ1v) is 10.3. The van der Waals surface area contributed by atoms with E-state index in [9.17, 15) is 22.4 Å². The van der Waals surface area contributed by atoms with Crippen LogP contribution in [0, 0.1) is 5.82 Å². The number of pyridine rings is 1. The van der Waals surface area contributed by atoms with Crippen LogP contribution in [0.1, 0.15) is 23.6 Å². The van der Waals surface area contributed by atoms with Crippen LogP contribution in [0.5, 0.6) is 5.88 Å². The van der Waals surface area contributed by atoms with Crippen LogP contribution in [0.2, 0.25) is 0 Å². The van der Waals surface area contributed by atoms with Crippen molar-refractivity contribution in [1.29, 1.82) is 0 Å². The van der Waals surface area contributed by atoms with Crippen molar-refractivity contribution >= 4 is 35.5 Å². The maximum atomic E-state index is 14.7. The third-order valence-electron chi connectivity index (χ3n) is 4.74. The van der Waals surface area contributed by atoms with Crippen LogP contribution in [-0.4, -0.2) is 40.9 Å². The van der Waals surface area contributed by atoms with Gasteiger partial charge in [0.2, 0.25) is 17.7 Å². The highest BCUT2D eigenvalue weighted by Gasteiger charge is 2.35. The number of halogens is 4. The van der Waals surface area contributed by atoms with E-state index in [1.54, 1.807) is 13.1 Å². The average Bonchev–Trinajstić information content (AvgIpc) is 3.34. The number of hydrogen-bond acceptors (Lipinski definition) is 5. The van der Waals surface area contributed by atoms with Crippen LogP contribution in [-0.2, 0) is 17.4 Å². The molecule has 0 bridgehead atoms. The van der Waals surface area contributed by atoms with Gasteiger partial charge in [-0.1, -0.05) is 12.1 Å². The Morgan fingerprint density at radius 1 is 1.22 bits per heavy atom. The summed E-state index contributed by atoms with van der Waals surface area (Å²) in [5.74, 6) is -1.69. The Labute approximate surface area is 203 Å². The maximum Gasteiger partial charge on any atom is 0.421 e. The Morgan fingerprint density at radius 2 is 2.00 bits per heavy atom. The van der Waals surface area contributed by atoms with E-state index >= 15 is 0 Å². The van der Waals surface area contributed by atoms with Crippen LogP contribution < -0.4 is 15.4 Å². The van der Waals surface area contributed by atoms with E-state index in [0.29, 0.717) is 16.8 Å². The average molecular weight is 503 g/mol. The van der Waals surface area contributed by atoms with Gasteiger partial charge in [-0.2, -0.15) is 18.3 Å². The van der Waals surface area contributed by atoms with Gasteiger partial charge in [-0.3, -0.25) is 9.89 Å². The molecule has 0 saturated heterocycles. The third kappa shape index (κ3) is 6.74. The van der Waals surface area contributed by atoms with Crippen molar-refractivity contribution in [1.82, 2.24) is 15.2 Å². The molecular formula is C23H21F4N7O2. The predicted molar refractivity (Wildman–Crippen MR) is 127 cm³/mol. The van der Waals surface area contributed by atoms with Gasteiger partial charge in [0.05, 0.1) is 37.3 Å². The number of allylic oxidation sites excluding steroid dienone is 1. The van der Waals surface area contributed by atoms with Gasteiger partial charge in [-0.25, -0.2) is 19.4 Å². The van der Waals surface area contributed by atoms with Gasteiger partial charge in [0.15, 0.2) is 0 Å². The smallest absolute Gasteiger partial charge is 0.421 e. The molecule has 3 aromatic rings. The lowest BCUT2D eigenvalue weighted by Crippen LogP contribution is -2.16. The lowest BCUT2D eigenvalue weighted by molar-refractivity contribution is -0.139. The molecule has 3 rings (SSSR count). The number of aliphatic imine (C=N–C) groups is 2. The zero-order valence-electron chi connectivity index (χ0n) is 19.2. The Kier molecular flexibility index (Phi) is 8.14. The highest BCUT2D eigenvalue weighted by molar-refractivity contribution is 5.97. The molecule has 0 fully saturated rings. The number of amides is 1. The fourth-order valence-electron chi connectivity index (χ4n) is 3.05. The molecule has 188 valence electrons. The summed E-state index contributed by atoms with van der Waals surface area (Å²) < 4.78 is 58.8. The first kappa shape index (κ1) is 26.1. The molecule has 3 N–H and O–H groups in total. The van der Waals surface area contributed by atoms with Gasteiger partial charge in [-0.05, 0) is 36.9 Å². The minimum atomic E-state index is -4.72. The largest absolute Gasteiger partial charge is 0.481 e. The van der Waals surface area contributed by atoms with Crippen molar-refractivity contribution in [2.45, 2.75) is 19.5 Å². The van der Waals surface area contributed by atoms with Crippen molar-refractivity contribution in [2.24, 2.45) is 9.98 Å². The number of anilines is 2. The molecule has 1 amide bonds. The second-order valence-corrected chi connectivity index (χ2v) is 7.35. The molecule has 2 aromatic heterocycles. The second-order valence-electron chi connectivity index (χ2n) is 7.35. The molecule has 1 aromatic carbocycles. The fraction of sp³-hybridized carbons (Fsp3) is 0.174. The quantitative estimate of drug-likeness (QED) is 0.246. The fourth-order valence-corrected chi connectivity index (χ4v) is 3.05. The number of aromatic amines is 1. The summed E-state index contributed by atoms with van der Waals surface area (Å²) in [4.78, 5) is 23.8. The van der Waals surface area contributed by atoms with Crippen molar-refractivity contribution in [3.05, 3.63) is 71.6 Å². The number of nitrogens with zero attached hydrogens (tertiary/aromatic N) is 4. The van der Waals surface area contributed by atoms with Crippen molar-refractivity contribution in [3.63, 3.8) is 0 Å². The Hall–Kier alpha value is -4.55. The Bertz CT molecular complexity index is 1300. The molecule has 0 saturated carbocycles. The topological polar surface area (TPSA) is 117 Å². The van der Waals surface area contributed by atoms with Crippen LogP contribution in [0.4, 0.5) is 28.9 Å². The molecule has 0 aliphatic heterocycles. The standard InChI is InChI=1S/C23H21F4N7O2/c1-13(9-30-22(28-2)34-16-11-31-32-12-16)17-5-4-14(6-19(17)24)7-20(35)33-15-8-18(23(25,26)27)21(36-3)29-10-15/h4-6,8-12H,2,7H2,1,3H3,(H,30,34)(H,31,32)(H,33,35)/b13-9+. The molecule has 9 nitrogen and oxygen atoms in total. The predicted octanol–water partition coefficient (Wildman–Crippen LogP) is 4.68. The molecule has 0 radical (unpaired) electrons. The maximum absolute atomic E-state index is 14.7. The second kappa shape index (κ2) is 11.3. The lowest BCUT2D eigenvalue weighted by atomic mass is 10.0. The molecule has 0 atom stereocenters. The highest BCUT2D eigenvalue weighted by atomic mass is 19.4. The number of carbonyl (C=O) groups is 1. The third-order valence-corrected chi connectivity index (χ3v) is 4.74. The number of guanidine groups is 1. The van der Waals surface area contributed by atoms with Crippen molar-refractivity contribution < 1.29 is 27.1 Å². The van der Waals surface area contributed by atoms with Gasteiger partial charge in [0.1, 0.15) is 11.4 Å². The van der Waals surface area contributed by atoms with E-state index in [2.05, 4.69) is 47.3 Å². The monoisotopic (exact) mass is 503 g/mol. The van der Waals surface area contributed by atoms with E-state index in [0.717, 1.165) is 19.4 Å². The van der Waals surface area contributed by atoms with E-state index in [1.807, 2.05) is 0 Å². The van der Waals surface area contributed by atoms with Gasteiger partial charge < -0.3 is 15.4 Å². The number of carbonyl (C=O) groups excluding carboxylic acids is 1.